The third kappa shape index (κ3) is 3.81. The zero-order chi connectivity index (χ0) is 19.5. The third-order valence-electron chi connectivity index (χ3n) is 4.79. The molecule has 2 aromatic heterocycles. The second kappa shape index (κ2) is 8.17. The van der Waals surface area contributed by atoms with Crippen molar-refractivity contribution in [1.82, 2.24) is 10.3 Å². The number of aromatic nitrogens is 1. The Morgan fingerprint density at radius 1 is 1.14 bits per heavy atom. The van der Waals surface area contributed by atoms with Gasteiger partial charge in [-0.2, -0.15) is 0 Å². The van der Waals surface area contributed by atoms with Gasteiger partial charge in [0.05, 0.1) is 6.42 Å². The van der Waals surface area contributed by atoms with E-state index in [1.165, 1.54) is 12.1 Å². The molecule has 28 heavy (non-hydrogen) atoms. The molecule has 0 aliphatic carbocycles. The van der Waals surface area contributed by atoms with E-state index in [9.17, 15) is 9.18 Å². The summed E-state index contributed by atoms with van der Waals surface area (Å²) in [5.74, 6) is -0.710. The Kier molecular flexibility index (Phi) is 5.46. The molecule has 6 heteroatoms. The summed E-state index contributed by atoms with van der Waals surface area (Å²) in [5, 5.41) is 6.38. The lowest BCUT2D eigenvalue weighted by atomic mass is 9.96. The summed E-state index contributed by atoms with van der Waals surface area (Å²) in [6.45, 7) is 0.424. The molecule has 0 unspecified atom stereocenters. The van der Waals surface area contributed by atoms with Gasteiger partial charge in [-0.05, 0) is 35.2 Å². The Hall–Kier alpha value is -2.63. The molecule has 2 aromatic carbocycles. The summed E-state index contributed by atoms with van der Waals surface area (Å²) in [5.41, 5.74) is 2.41. The largest absolute Gasteiger partial charge is 0.361 e. The fourth-order valence-corrected chi connectivity index (χ4v) is 4.45. The molecular formula is C22H18ClFN2OS. The first kappa shape index (κ1) is 18.7. The molecule has 0 saturated carbocycles. The van der Waals surface area contributed by atoms with Crippen LogP contribution in [0.15, 0.2) is 66.2 Å². The average Bonchev–Trinajstić information content (AvgIpc) is 3.36. The van der Waals surface area contributed by atoms with Gasteiger partial charge in [-0.3, -0.25) is 4.79 Å². The number of H-pyrrole nitrogens is 1. The number of rotatable bonds is 6. The number of benzene rings is 2. The number of thiophene rings is 1. The molecule has 0 spiro atoms. The van der Waals surface area contributed by atoms with Crippen LogP contribution in [0.3, 0.4) is 0 Å². The lowest BCUT2D eigenvalue weighted by Gasteiger charge is -2.16. The lowest BCUT2D eigenvalue weighted by molar-refractivity contribution is -0.120. The van der Waals surface area contributed by atoms with Crippen LogP contribution in [0.4, 0.5) is 4.39 Å². The van der Waals surface area contributed by atoms with E-state index in [0.29, 0.717) is 6.54 Å². The van der Waals surface area contributed by atoms with Gasteiger partial charge in [-0.25, -0.2) is 4.39 Å². The van der Waals surface area contributed by atoms with Gasteiger partial charge in [0.25, 0.3) is 0 Å². The number of amides is 1. The number of carbonyl (C=O) groups excluding carboxylic acids is 1. The van der Waals surface area contributed by atoms with Crippen molar-refractivity contribution in [3.63, 3.8) is 0 Å². The quantitative estimate of drug-likeness (QED) is 0.430. The molecule has 3 nitrogen and oxygen atoms in total. The zero-order valence-corrected chi connectivity index (χ0v) is 16.5. The number of nitrogens with one attached hydrogen (secondary N) is 2. The van der Waals surface area contributed by atoms with Gasteiger partial charge in [0, 0.05) is 45.0 Å². The Labute approximate surface area is 171 Å². The fourth-order valence-electron chi connectivity index (χ4n) is 3.38. The van der Waals surface area contributed by atoms with E-state index < -0.39 is 5.82 Å². The highest BCUT2D eigenvalue weighted by Crippen LogP contribution is 2.32. The van der Waals surface area contributed by atoms with Crippen molar-refractivity contribution in [2.75, 3.05) is 6.54 Å². The topological polar surface area (TPSA) is 44.9 Å². The predicted molar refractivity (Wildman–Crippen MR) is 113 cm³/mol. The molecule has 1 amide bonds. The molecular weight excluding hydrogens is 395 g/mol. The Bertz CT molecular complexity index is 1090. The van der Waals surface area contributed by atoms with Crippen LogP contribution in [0.2, 0.25) is 5.02 Å². The standard InChI is InChI=1S/C22H18ClFN2OS/c23-18-6-3-7-19(24)15(18)11-22(27)26-13-17(21-9-4-10-28-21)16-12-25-20-8-2-1-5-14(16)20/h1-10,12,17,25H,11,13H2,(H,26,27)/t17-/m1/s1. The number of halogens is 2. The highest BCUT2D eigenvalue weighted by Gasteiger charge is 2.20. The molecule has 0 saturated heterocycles. The minimum Gasteiger partial charge on any atom is -0.361 e. The number of para-hydroxylation sites is 1. The summed E-state index contributed by atoms with van der Waals surface area (Å²) in [7, 11) is 0. The van der Waals surface area contributed by atoms with E-state index in [0.717, 1.165) is 21.3 Å². The smallest absolute Gasteiger partial charge is 0.224 e. The van der Waals surface area contributed by atoms with E-state index in [4.69, 9.17) is 11.6 Å². The van der Waals surface area contributed by atoms with E-state index >= 15 is 0 Å². The normalized spacial score (nSPS) is 12.2. The minimum atomic E-state index is -0.464. The van der Waals surface area contributed by atoms with Crippen LogP contribution in [0.1, 0.15) is 21.9 Å². The van der Waals surface area contributed by atoms with E-state index in [1.54, 1.807) is 17.4 Å². The minimum absolute atomic E-state index is 0.0104. The van der Waals surface area contributed by atoms with Gasteiger partial charge >= 0.3 is 0 Å². The van der Waals surface area contributed by atoms with E-state index in [2.05, 4.69) is 22.4 Å². The number of hydrogen-bond acceptors (Lipinski definition) is 2. The first-order valence-electron chi connectivity index (χ1n) is 8.92. The molecule has 4 rings (SSSR count). The molecule has 2 N–H and O–H groups in total. The number of fused-ring (bicyclic) bond motifs is 1. The van der Waals surface area contributed by atoms with Crippen molar-refractivity contribution in [3.05, 3.63) is 93.0 Å². The molecule has 0 radical (unpaired) electrons. The van der Waals surface area contributed by atoms with Crippen molar-refractivity contribution >= 4 is 39.7 Å². The Morgan fingerprint density at radius 2 is 2.00 bits per heavy atom. The van der Waals surface area contributed by atoms with Crippen molar-refractivity contribution in [2.24, 2.45) is 0 Å². The van der Waals surface area contributed by atoms with Gasteiger partial charge in [-0.15, -0.1) is 11.3 Å². The summed E-state index contributed by atoms with van der Waals surface area (Å²) in [4.78, 5) is 16.9. The summed E-state index contributed by atoms with van der Waals surface area (Å²) in [6.07, 6.45) is 1.91. The SMILES string of the molecule is O=C(Cc1c(F)cccc1Cl)NC[C@@H](c1cccs1)c1c[nH]c2ccccc12. The summed E-state index contributed by atoms with van der Waals surface area (Å²) < 4.78 is 14.0. The molecule has 0 aliphatic heterocycles. The molecule has 1 atom stereocenters. The Morgan fingerprint density at radius 3 is 2.79 bits per heavy atom. The van der Waals surface area contributed by atoms with Gasteiger partial charge in [0.2, 0.25) is 5.91 Å². The Balaban J connectivity index is 1.55. The van der Waals surface area contributed by atoms with Crippen LogP contribution in [-0.4, -0.2) is 17.4 Å². The van der Waals surface area contributed by atoms with Crippen LogP contribution in [0.25, 0.3) is 10.9 Å². The lowest BCUT2D eigenvalue weighted by Crippen LogP contribution is -2.30. The maximum atomic E-state index is 14.0. The van der Waals surface area contributed by atoms with Crippen LogP contribution >= 0.6 is 22.9 Å². The monoisotopic (exact) mass is 412 g/mol. The second-order valence-corrected chi connectivity index (χ2v) is 7.93. The highest BCUT2D eigenvalue weighted by atomic mass is 35.5. The van der Waals surface area contributed by atoms with Gasteiger partial charge in [0.15, 0.2) is 0 Å². The molecule has 0 aliphatic rings. The average molecular weight is 413 g/mol. The van der Waals surface area contributed by atoms with E-state index in [-0.39, 0.29) is 28.8 Å². The predicted octanol–water partition coefficient (Wildman–Crippen LogP) is 5.51. The summed E-state index contributed by atoms with van der Waals surface area (Å²) >= 11 is 7.69. The number of aromatic amines is 1. The van der Waals surface area contributed by atoms with Crippen molar-refractivity contribution in [1.29, 1.82) is 0 Å². The van der Waals surface area contributed by atoms with Crippen molar-refractivity contribution in [2.45, 2.75) is 12.3 Å². The third-order valence-corrected chi connectivity index (χ3v) is 6.13. The van der Waals surface area contributed by atoms with Crippen LogP contribution in [-0.2, 0) is 11.2 Å². The summed E-state index contributed by atoms with van der Waals surface area (Å²) in [6, 6.07) is 16.6. The first-order chi connectivity index (χ1) is 13.6. The maximum absolute atomic E-state index is 14.0. The number of carbonyl (C=O) groups is 1. The van der Waals surface area contributed by atoms with Crippen LogP contribution in [0.5, 0.6) is 0 Å². The molecule has 0 bridgehead atoms. The van der Waals surface area contributed by atoms with Crippen LogP contribution in [0, 0.1) is 5.82 Å². The molecule has 2 heterocycles. The highest BCUT2D eigenvalue weighted by molar-refractivity contribution is 7.10. The maximum Gasteiger partial charge on any atom is 0.224 e. The molecule has 4 aromatic rings. The van der Waals surface area contributed by atoms with Gasteiger partial charge < -0.3 is 10.3 Å². The number of hydrogen-bond donors (Lipinski definition) is 2. The fraction of sp³-hybridized carbons (Fsp3) is 0.136. The first-order valence-corrected chi connectivity index (χ1v) is 10.2. The van der Waals surface area contributed by atoms with E-state index in [1.807, 2.05) is 35.8 Å². The zero-order valence-electron chi connectivity index (χ0n) is 14.9. The van der Waals surface area contributed by atoms with Gasteiger partial charge in [-0.1, -0.05) is 41.9 Å². The molecule has 0 fully saturated rings. The molecule has 142 valence electrons. The van der Waals surface area contributed by atoms with Gasteiger partial charge in [0.1, 0.15) is 5.82 Å². The van der Waals surface area contributed by atoms with Crippen LogP contribution < -0.4 is 5.32 Å². The van der Waals surface area contributed by atoms with Crippen molar-refractivity contribution < 1.29 is 9.18 Å². The second-order valence-electron chi connectivity index (χ2n) is 6.54. The van der Waals surface area contributed by atoms with Crippen molar-refractivity contribution in [3.8, 4) is 0 Å².